The van der Waals surface area contributed by atoms with Gasteiger partial charge in [0.15, 0.2) is 6.17 Å². The molecule has 2 atom stereocenters. The first-order valence-electron chi connectivity index (χ1n) is 6.79. The first-order valence-corrected chi connectivity index (χ1v) is 7.59. The van der Waals surface area contributed by atoms with Crippen LogP contribution in [-0.2, 0) is 4.74 Å². The number of carbonyl (C=O) groups excluding carboxylic acids is 1. The summed E-state index contributed by atoms with van der Waals surface area (Å²) in [7, 11) is 0. The van der Waals surface area contributed by atoms with Gasteiger partial charge in [0.2, 0.25) is 0 Å². The van der Waals surface area contributed by atoms with Gasteiger partial charge in [0.05, 0.1) is 17.6 Å². The van der Waals surface area contributed by atoms with Crippen molar-refractivity contribution in [2.75, 3.05) is 13.1 Å². The van der Waals surface area contributed by atoms with E-state index in [1.165, 1.54) is 4.90 Å². The number of ether oxygens (including phenoxy) is 2. The predicted molar refractivity (Wildman–Crippen MR) is 81.3 cm³/mol. The van der Waals surface area contributed by atoms with Gasteiger partial charge in [-0.15, -0.1) is 0 Å². The van der Waals surface area contributed by atoms with E-state index in [1.807, 2.05) is 18.2 Å². The smallest absolute Gasteiger partial charge is 0.410 e. The van der Waals surface area contributed by atoms with Crippen LogP contribution in [0, 0.1) is 0 Å². The molecule has 4 nitrogen and oxygen atoms in total. The molecule has 0 spiro atoms. The molecule has 116 valence electrons. The molecule has 1 amide bonds. The number of amides is 1. The molecule has 1 aliphatic heterocycles. The molecule has 0 saturated carbocycles. The fourth-order valence-corrected chi connectivity index (χ4v) is 2.40. The van der Waals surface area contributed by atoms with E-state index in [0.717, 1.165) is 4.47 Å². The first-order chi connectivity index (χ1) is 9.76. The van der Waals surface area contributed by atoms with Crippen LogP contribution in [0.4, 0.5) is 9.18 Å². The monoisotopic (exact) mass is 359 g/mol. The summed E-state index contributed by atoms with van der Waals surface area (Å²) < 4.78 is 25.7. The minimum absolute atomic E-state index is 0.00989. The van der Waals surface area contributed by atoms with Crippen molar-refractivity contribution in [3.63, 3.8) is 0 Å². The van der Waals surface area contributed by atoms with Crippen LogP contribution in [0.1, 0.15) is 20.8 Å². The Morgan fingerprint density at radius 2 is 2.00 bits per heavy atom. The van der Waals surface area contributed by atoms with E-state index in [4.69, 9.17) is 9.47 Å². The molecule has 1 saturated heterocycles. The van der Waals surface area contributed by atoms with Crippen LogP contribution in [0.5, 0.6) is 5.75 Å². The Labute approximate surface area is 132 Å². The van der Waals surface area contributed by atoms with Gasteiger partial charge < -0.3 is 14.4 Å². The fourth-order valence-electron chi connectivity index (χ4n) is 2.02. The van der Waals surface area contributed by atoms with Crippen LogP contribution in [0.25, 0.3) is 0 Å². The molecule has 21 heavy (non-hydrogen) atoms. The molecular weight excluding hydrogens is 341 g/mol. The average molecular weight is 360 g/mol. The van der Waals surface area contributed by atoms with Crippen molar-refractivity contribution in [1.29, 1.82) is 0 Å². The maximum absolute atomic E-state index is 14.1. The molecular formula is C15H19BrFNO3. The zero-order valence-corrected chi connectivity index (χ0v) is 13.9. The van der Waals surface area contributed by atoms with Gasteiger partial charge in [0, 0.05) is 0 Å². The Hall–Kier alpha value is -1.30. The van der Waals surface area contributed by atoms with E-state index in [1.54, 1.807) is 26.8 Å². The topological polar surface area (TPSA) is 38.8 Å². The maximum Gasteiger partial charge on any atom is 0.410 e. The zero-order valence-electron chi connectivity index (χ0n) is 12.3. The van der Waals surface area contributed by atoms with Crippen molar-refractivity contribution in [3.8, 4) is 5.75 Å². The molecule has 0 N–H and O–H groups in total. The summed E-state index contributed by atoms with van der Waals surface area (Å²) >= 11 is 3.35. The van der Waals surface area contributed by atoms with Crippen molar-refractivity contribution in [3.05, 3.63) is 28.7 Å². The SMILES string of the molecule is CC(C)(C)OC(=O)N1CC(F)C(Oc2ccccc2Br)C1. The Balaban J connectivity index is 1.98. The number of nitrogens with zero attached hydrogens (tertiary/aromatic N) is 1. The van der Waals surface area contributed by atoms with Crippen LogP contribution >= 0.6 is 15.9 Å². The number of hydrogen-bond donors (Lipinski definition) is 0. The Morgan fingerprint density at radius 1 is 1.33 bits per heavy atom. The van der Waals surface area contributed by atoms with Crippen LogP contribution in [-0.4, -0.2) is 42.0 Å². The highest BCUT2D eigenvalue weighted by atomic mass is 79.9. The molecule has 6 heteroatoms. The zero-order chi connectivity index (χ0) is 15.6. The third kappa shape index (κ3) is 4.33. The summed E-state index contributed by atoms with van der Waals surface area (Å²) in [4.78, 5) is 13.3. The van der Waals surface area contributed by atoms with Gasteiger partial charge in [-0.3, -0.25) is 0 Å². The number of alkyl halides is 1. The minimum atomic E-state index is -1.23. The lowest BCUT2D eigenvalue weighted by Gasteiger charge is -2.24. The summed E-state index contributed by atoms with van der Waals surface area (Å²) in [5.74, 6) is 0.566. The molecule has 0 aliphatic carbocycles. The Bertz CT molecular complexity index is 518. The highest BCUT2D eigenvalue weighted by Gasteiger charge is 2.39. The highest BCUT2D eigenvalue weighted by Crippen LogP contribution is 2.28. The van der Waals surface area contributed by atoms with Gasteiger partial charge in [-0.1, -0.05) is 12.1 Å². The second-order valence-corrected chi connectivity index (χ2v) is 6.84. The van der Waals surface area contributed by atoms with Crippen LogP contribution in [0.3, 0.4) is 0 Å². The van der Waals surface area contributed by atoms with Gasteiger partial charge in [-0.25, -0.2) is 9.18 Å². The lowest BCUT2D eigenvalue weighted by Crippen LogP contribution is -2.36. The molecule has 0 bridgehead atoms. The van der Waals surface area contributed by atoms with E-state index in [0.29, 0.717) is 5.75 Å². The normalized spacial score (nSPS) is 22.2. The number of halogens is 2. The number of benzene rings is 1. The summed E-state index contributed by atoms with van der Waals surface area (Å²) in [6, 6.07) is 7.25. The van der Waals surface area contributed by atoms with E-state index >= 15 is 0 Å². The first kappa shape index (κ1) is 16.1. The van der Waals surface area contributed by atoms with E-state index < -0.39 is 24.0 Å². The number of hydrogen-bond acceptors (Lipinski definition) is 3. The number of para-hydroxylation sites is 1. The summed E-state index contributed by atoms with van der Waals surface area (Å²) in [5.41, 5.74) is -0.593. The van der Waals surface area contributed by atoms with Gasteiger partial charge >= 0.3 is 6.09 Å². The van der Waals surface area contributed by atoms with Crippen molar-refractivity contribution in [2.45, 2.75) is 38.6 Å². The van der Waals surface area contributed by atoms with Crippen molar-refractivity contribution >= 4 is 22.0 Å². The van der Waals surface area contributed by atoms with Gasteiger partial charge in [-0.05, 0) is 48.8 Å². The van der Waals surface area contributed by atoms with Gasteiger partial charge in [0.1, 0.15) is 17.5 Å². The molecule has 2 rings (SSSR count). The molecule has 0 aromatic heterocycles. The second-order valence-electron chi connectivity index (χ2n) is 5.99. The average Bonchev–Trinajstić information content (AvgIpc) is 2.72. The largest absolute Gasteiger partial charge is 0.484 e. The fraction of sp³-hybridized carbons (Fsp3) is 0.533. The Morgan fingerprint density at radius 3 is 2.62 bits per heavy atom. The lowest BCUT2D eigenvalue weighted by molar-refractivity contribution is 0.0273. The third-order valence-electron chi connectivity index (χ3n) is 2.97. The molecule has 0 radical (unpaired) electrons. The Kier molecular flexibility index (Phi) is 4.76. The number of carbonyl (C=O) groups is 1. The van der Waals surface area contributed by atoms with Crippen molar-refractivity contribution in [1.82, 2.24) is 4.90 Å². The van der Waals surface area contributed by atoms with Crippen LogP contribution in [0.15, 0.2) is 28.7 Å². The van der Waals surface area contributed by atoms with Gasteiger partial charge in [0.25, 0.3) is 0 Å². The lowest BCUT2D eigenvalue weighted by atomic mass is 10.2. The maximum atomic E-state index is 14.1. The molecule has 2 unspecified atom stereocenters. The van der Waals surface area contributed by atoms with Crippen LogP contribution < -0.4 is 4.74 Å². The summed E-state index contributed by atoms with van der Waals surface area (Å²) in [6.45, 7) is 5.51. The summed E-state index contributed by atoms with van der Waals surface area (Å²) in [6.07, 6.45) is -2.43. The third-order valence-corrected chi connectivity index (χ3v) is 3.62. The minimum Gasteiger partial charge on any atom is -0.484 e. The van der Waals surface area contributed by atoms with Crippen molar-refractivity contribution in [2.24, 2.45) is 0 Å². The quantitative estimate of drug-likeness (QED) is 0.806. The van der Waals surface area contributed by atoms with E-state index in [9.17, 15) is 9.18 Å². The number of rotatable bonds is 2. The molecule has 1 aromatic carbocycles. The van der Waals surface area contributed by atoms with Crippen molar-refractivity contribution < 1.29 is 18.7 Å². The molecule has 1 heterocycles. The highest BCUT2D eigenvalue weighted by molar-refractivity contribution is 9.10. The second kappa shape index (κ2) is 6.22. The van der Waals surface area contributed by atoms with E-state index in [-0.39, 0.29) is 13.1 Å². The standard InChI is InChI=1S/C15H19BrFNO3/c1-15(2,3)21-14(19)18-8-11(17)13(9-18)20-12-7-5-4-6-10(12)16/h4-7,11,13H,8-9H2,1-3H3. The molecule has 1 aliphatic rings. The van der Waals surface area contributed by atoms with E-state index in [2.05, 4.69) is 15.9 Å². The van der Waals surface area contributed by atoms with Gasteiger partial charge in [-0.2, -0.15) is 0 Å². The molecule has 1 aromatic rings. The molecule has 1 fully saturated rings. The predicted octanol–water partition coefficient (Wildman–Crippen LogP) is 3.79. The number of likely N-dealkylation sites (tertiary alicyclic amines) is 1. The summed E-state index contributed by atoms with van der Waals surface area (Å²) in [5, 5.41) is 0. The van der Waals surface area contributed by atoms with Crippen LogP contribution in [0.2, 0.25) is 0 Å².